The summed E-state index contributed by atoms with van der Waals surface area (Å²) in [6.45, 7) is 3.02. The molecule has 1 aromatic rings. The van der Waals surface area contributed by atoms with Crippen LogP contribution in [0.5, 0.6) is 11.5 Å². The first-order chi connectivity index (χ1) is 13.0. The molecular weight excluding hydrogens is 406 g/mol. The van der Waals surface area contributed by atoms with E-state index in [0.717, 1.165) is 6.42 Å². The molecule has 3 rings (SSSR count). The summed E-state index contributed by atoms with van der Waals surface area (Å²) in [5.74, 6) is 0.894. The standard InChI is InChI=1S/C18H27N3O5S.ClH/c1-19-7-8-20-18(22)14-5-9-21(10-6-14)27(23,24)15-3-4-16-17(13-15)26-12-2-11-25-16;/h3-4,13-14,19H,2,5-12H2,1H3,(H,20,22);1H. The smallest absolute Gasteiger partial charge is 0.243 e. The number of likely N-dealkylation sites (N-methyl/N-ethyl adjacent to an activating group) is 1. The number of halogens is 1. The molecule has 0 aromatic heterocycles. The van der Waals surface area contributed by atoms with E-state index in [0.29, 0.717) is 63.7 Å². The van der Waals surface area contributed by atoms with Crippen molar-refractivity contribution in [3.05, 3.63) is 18.2 Å². The van der Waals surface area contributed by atoms with Crippen LogP contribution in [0.1, 0.15) is 19.3 Å². The lowest BCUT2D eigenvalue weighted by atomic mass is 9.97. The number of carbonyl (C=O) groups excluding carboxylic acids is 1. The molecule has 0 radical (unpaired) electrons. The van der Waals surface area contributed by atoms with Gasteiger partial charge in [0.2, 0.25) is 15.9 Å². The van der Waals surface area contributed by atoms with Crippen LogP contribution in [0.3, 0.4) is 0 Å². The summed E-state index contributed by atoms with van der Waals surface area (Å²) in [7, 11) is -1.79. The van der Waals surface area contributed by atoms with E-state index in [1.807, 2.05) is 7.05 Å². The summed E-state index contributed by atoms with van der Waals surface area (Å²) in [5.41, 5.74) is 0. The molecule has 158 valence electrons. The number of nitrogens with one attached hydrogen (secondary N) is 2. The predicted molar refractivity (Wildman–Crippen MR) is 108 cm³/mol. The number of fused-ring (bicyclic) bond motifs is 1. The summed E-state index contributed by atoms with van der Waals surface area (Å²) in [4.78, 5) is 12.4. The first-order valence-corrected chi connectivity index (χ1v) is 10.8. The quantitative estimate of drug-likeness (QED) is 0.650. The Morgan fingerprint density at radius 1 is 1.14 bits per heavy atom. The van der Waals surface area contributed by atoms with E-state index in [9.17, 15) is 13.2 Å². The number of hydrogen-bond acceptors (Lipinski definition) is 6. The Labute approximate surface area is 172 Å². The Bertz CT molecular complexity index is 766. The number of sulfonamides is 1. The van der Waals surface area contributed by atoms with Gasteiger partial charge in [0.25, 0.3) is 0 Å². The summed E-state index contributed by atoms with van der Waals surface area (Å²) >= 11 is 0. The van der Waals surface area contributed by atoms with Crippen LogP contribution in [0.25, 0.3) is 0 Å². The monoisotopic (exact) mass is 433 g/mol. The molecule has 0 unspecified atom stereocenters. The first kappa shape index (κ1) is 22.7. The van der Waals surface area contributed by atoms with Crippen molar-refractivity contribution in [1.82, 2.24) is 14.9 Å². The maximum absolute atomic E-state index is 13.0. The fraction of sp³-hybridized carbons (Fsp3) is 0.611. The Hall–Kier alpha value is -1.55. The zero-order valence-corrected chi connectivity index (χ0v) is 17.6. The number of nitrogens with zero attached hydrogens (tertiary/aromatic N) is 1. The molecule has 1 amide bonds. The van der Waals surface area contributed by atoms with Crippen molar-refractivity contribution in [2.45, 2.75) is 24.2 Å². The Morgan fingerprint density at radius 3 is 2.50 bits per heavy atom. The van der Waals surface area contributed by atoms with Crippen LogP contribution in [-0.2, 0) is 14.8 Å². The summed E-state index contributed by atoms with van der Waals surface area (Å²) in [5, 5.41) is 5.85. The van der Waals surface area contributed by atoms with Crippen LogP contribution < -0.4 is 20.1 Å². The third-order valence-electron chi connectivity index (χ3n) is 4.86. The Kier molecular flexibility index (Phi) is 8.36. The Morgan fingerprint density at radius 2 is 1.82 bits per heavy atom. The largest absolute Gasteiger partial charge is 0.490 e. The van der Waals surface area contributed by atoms with Gasteiger partial charge < -0.3 is 20.1 Å². The van der Waals surface area contributed by atoms with Crippen LogP contribution in [0.15, 0.2) is 23.1 Å². The van der Waals surface area contributed by atoms with E-state index in [1.54, 1.807) is 12.1 Å². The first-order valence-electron chi connectivity index (χ1n) is 9.34. The number of carbonyl (C=O) groups is 1. The van der Waals surface area contributed by atoms with Gasteiger partial charge in [-0.05, 0) is 32.0 Å². The fourth-order valence-electron chi connectivity index (χ4n) is 3.27. The molecule has 10 heteroatoms. The highest BCUT2D eigenvalue weighted by atomic mass is 35.5. The molecule has 2 heterocycles. The molecule has 2 aliphatic heterocycles. The number of rotatable bonds is 6. The van der Waals surface area contributed by atoms with E-state index in [-0.39, 0.29) is 29.1 Å². The lowest BCUT2D eigenvalue weighted by Gasteiger charge is -2.30. The number of amides is 1. The van der Waals surface area contributed by atoms with Gasteiger partial charge in [-0.3, -0.25) is 4.79 Å². The fourth-order valence-corrected chi connectivity index (χ4v) is 4.75. The van der Waals surface area contributed by atoms with E-state index < -0.39 is 10.0 Å². The van der Waals surface area contributed by atoms with Crippen LogP contribution in [-0.4, -0.2) is 65.1 Å². The van der Waals surface area contributed by atoms with E-state index in [4.69, 9.17) is 9.47 Å². The van der Waals surface area contributed by atoms with E-state index in [2.05, 4.69) is 10.6 Å². The lowest BCUT2D eigenvalue weighted by Crippen LogP contribution is -2.43. The van der Waals surface area contributed by atoms with Crippen molar-refractivity contribution in [3.63, 3.8) is 0 Å². The zero-order valence-electron chi connectivity index (χ0n) is 16.0. The average Bonchev–Trinajstić information content (AvgIpc) is 2.93. The highest BCUT2D eigenvalue weighted by molar-refractivity contribution is 7.89. The van der Waals surface area contributed by atoms with Crippen LogP contribution >= 0.6 is 12.4 Å². The summed E-state index contributed by atoms with van der Waals surface area (Å²) in [6, 6.07) is 4.74. The molecule has 8 nitrogen and oxygen atoms in total. The van der Waals surface area contributed by atoms with Crippen molar-refractivity contribution in [3.8, 4) is 11.5 Å². The van der Waals surface area contributed by atoms with Gasteiger partial charge in [0.1, 0.15) is 0 Å². The zero-order chi connectivity index (χ0) is 19.3. The number of ether oxygens (including phenoxy) is 2. The minimum absolute atomic E-state index is 0. The normalized spacial score (nSPS) is 18.0. The van der Waals surface area contributed by atoms with Gasteiger partial charge in [-0.25, -0.2) is 8.42 Å². The van der Waals surface area contributed by atoms with Crippen molar-refractivity contribution in [1.29, 1.82) is 0 Å². The molecular formula is C18H28ClN3O5S. The highest BCUT2D eigenvalue weighted by Crippen LogP contribution is 2.33. The highest BCUT2D eigenvalue weighted by Gasteiger charge is 2.32. The number of benzene rings is 1. The maximum atomic E-state index is 13.0. The van der Waals surface area contributed by atoms with E-state index in [1.165, 1.54) is 10.4 Å². The molecule has 1 saturated heterocycles. The van der Waals surface area contributed by atoms with Gasteiger partial charge in [0.15, 0.2) is 11.5 Å². The van der Waals surface area contributed by atoms with Gasteiger partial charge >= 0.3 is 0 Å². The molecule has 0 saturated carbocycles. The molecule has 1 aromatic carbocycles. The minimum Gasteiger partial charge on any atom is -0.490 e. The molecule has 1 fully saturated rings. The average molecular weight is 434 g/mol. The molecule has 2 aliphatic rings. The van der Waals surface area contributed by atoms with E-state index >= 15 is 0 Å². The molecule has 0 atom stereocenters. The molecule has 2 N–H and O–H groups in total. The Balaban J connectivity index is 0.00000280. The number of piperidine rings is 1. The second-order valence-electron chi connectivity index (χ2n) is 6.73. The third-order valence-corrected chi connectivity index (χ3v) is 6.75. The molecule has 0 spiro atoms. The molecule has 0 aliphatic carbocycles. The molecule has 28 heavy (non-hydrogen) atoms. The van der Waals surface area contributed by atoms with Gasteiger partial charge in [-0.15, -0.1) is 12.4 Å². The minimum atomic E-state index is -3.62. The van der Waals surface area contributed by atoms with Gasteiger partial charge in [-0.1, -0.05) is 0 Å². The van der Waals surface area contributed by atoms with Crippen LogP contribution in [0, 0.1) is 5.92 Å². The predicted octanol–water partition coefficient (Wildman–Crippen LogP) is 1.01. The third kappa shape index (κ3) is 5.28. The maximum Gasteiger partial charge on any atom is 0.243 e. The van der Waals surface area contributed by atoms with Crippen molar-refractivity contribution >= 4 is 28.3 Å². The van der Waals surface area contributed by atoms with Crippen molar-refractivity contribution in [2.24, 2.45) is 5.92 Å². The van der Waals surface area contributed by atoms with Crippen LogP contribution in [0.4, 0.5) is 0 Å². The summed E-state index contributed by atoms with van der Waals surface area (Å²) < 4.78 is 38.5. The second kappa shape index (κ2) is 10.3. The van der Waals surface area contributed by atoms with Crippen molar-refractivity contribution < 1.29 is 22.7 Å². The van der Waals surface area contributed by atoms with Gasteiger partial charge in [0.05, 0.1) is 18.1 Å². The van der Waals surface area contributed by atoms with Gasteiger partial charge in [0, 0.05) is 44.6 Å². The second-order valence-corrected chi connectivity index (χ2v) is 8.67. The van der Waals surface area contributed by atoms with Crippen molar-refractivity contribution in [2.75, 3.05) is 46.4 Å². The topological polar surface area (TPSA) is 97.0 Å². The summed E-state index contributed by atoms with van der Waals surface area (Å²) in [6.07, 6.45) is 1.81. The van der Waals surface area contributed by atoms with Crippen LogP contribution in [0.2, 0.25) is 0 Å². The number of hydrogen-bond donors (Lipinski definition) is 2. The lowest BCUT2D eigenvalue weighted by molar-refractivity contribution is -0.126. The SMILES string of the molecule is CNCCNC(=O)C1CCN(S(=O)(=O)c2ccc3c(c2)OCCCO3)CC1.Cl. The molecule has 0 bridgehead atoms. The van der Waals surface area contributed by atoms with Gasteiger partial charge in [-0.2, -0.15) is 4.31 Å².